The first-order valence-electron chi connectivity index (χ1n) is 8.15. The zero-order valence-corrected chi connectivity index (χ0v) is 13.5. The zero-order valence-electron chi connectivity index (χ0n) is 13.5. The number of pyridine rings is 1. The van der Waals surface area contributed by atoms with Gasteiger partial charge in [-0.3, -0.25) is 14.7 Å². The van der Waals surface area contributed by atoms with Gasteiger partial charge in [-0.15, -0.1) is 0 Å². The van der Waals surface area contributed by atoms with E-state index in [2.05, 4.69) is 10.3 Å². The van der Waals surface area contributed by atoms with Crippen molar-refractivity contribution in [2.75, 3.05) is 10.2 Å². The maximum absolute atomic E-state index is 13.1. The van der Waals surface area contributed by atoms with Crippen LogP contribution in [0.4, 0.5) is 11.4 Å². The third kappa shape index (κ3) is 3.02. The number of anilines is 2. The van der Waals surface area contributed by atoms with Gasteiger partial charge in [-0.25, -0.2) is 0 Å². The monoisotopic (exact) mass is 327 g/mol. The molecule has 1 aromatic heterocycles. The Bertz CT molecular complexity index is 892. The lowest BCUT2D eigenvalue weighted by Crippen LogP contribution is -2.30. The average molecular weight is 327 g/mol. The highest BCUT2D eigenvalue weighted by molar-refractivity contribution is 6.10. The van der Waals surface area contributed by atoms with Crippen LogP contribution in [0.5, 0.6) is 0 Å². The molecule has 4 heteroatoms. The fourth-order valence-electron chi connectivity index (χ4n) is 2.99. The van der Waals surface area contributed by atoms with Gasteiger partial charge in [0.1, 0.15) is 5.70 Å². The molecule has 25 heavy (non-hydrogen) atoms. The first-order chi connectivity index (χ1) is 12.3. The molecule has 1 unspecified atom stereocenters. The van der Waals surface area contributed by atoms with Crippen LogP contribution in [0.3, 0.4) is 0 Å². The Morgan fingerprint density at radius 3 is 2.28 bits per heavy atom. The van der Waals surface area contributed by atoms with Crippen molar-refractivity contribution in [3.05, 3.63) is 103 Å². The second-order valence-electron chi connectivity index (χ2n) is 5.81. The minimum atomic E-state index is -0.185. The van der Waals surface area contributed by atoms with Crippen LogP contribution < -0.4 is 10.2 Å². The Hall–Kier alpha value is -3.40. The Morgan fingerprint density at radius 2 is 1.60 bits per heavy atom. The van der Waals surface area contributed by atoms with Crippen molar-refractivity contribution >= 4 is 17.3 Å². The van der Waals surface area contributed by atoms with Crippen molar-refractivity contribution in [2.45, 2.75) is 6.04 Å². The van der Waals surface area contributed by atoms with E-state index in [0.29, 0.717) is 5.70 Å². The van der Waals surface area contributed by atoms with Gasteiger partial charge in [0.05, 0.1) is 6.04 Å². The molecular formula is C21H17N3O. The SMILES string of the molecule is O=C1C(Nc2ccccc2)=CC(c2cccnc2)N1c1ccccc1. The number of rotatable bonds is 4. The first-order valence-corrected chi connectivity index (χ1v) is 8.15. The second-order valence-corrected chi connectivity index (χ2v) is 5.81. The van der Waals surface area contributed by atoms with Gasteiger partial charge >= 0.3 is 0 Å². The number of nitrogens with one attached hydrogen (secondary N) is 1. The molecule has 1 atom stereocenters. The van der Waals surface area contributed by atoms with Gasteiger partial charge in [0, 0.05) is 23.8 Å². The van der Waals surface area contributed by atoms with E-state index in [1.807, 2.05) is 78.9 Å². The van der Waals surface area contributed by atoms with Crippen molar-refractivity contribution in [2.24, 2.45) is 0 Å². The van der Waals surface area contributed by atoms with Crippen molar-refractivity contribution in [1.82, 2.24) is 4.98 Å². The Kier molecular flexibility index (Phi) is 4.01. The third-order valence-electron chi connectivity index (χ3n) is 4.17. The summed E-state index contributed by atoms with van der Waals surface area (Å²) in [4.78, 5) is 19.1. The van der Waals surface area contributed by atoms with Crippen LogP contribution in [0, 0.1) is 0 Å². The molecule has 0 saturated carbocycles. The molecule has 0 fully saturated rings. The van der Waals surface area contributed by atoms with Crippen LogP contribution in [0.15, 0.2) is 97.0 Å². The first kappa shape index (κ1) is 15.1. The summed E-state index contributed by atoms with van der Waals surface area (Å²) in [6.45, 7) is 0. The number of nitrogens with zero attached hydrogens (tertiary/aromatic N) is 2. The lowest BCUT2D eigenvalue weighted by atomic mass is 10.1. The van der Waals surface area contributed by atoms with Gasteiger partial charge in [0.25, 0.3) is 5.91 Å². The van der Waals surface area contributed by atoms with Gasteiger partial charge in [0.15, 0.2) is 0 Å². The molecule has 122 valence electrons. The molecule has 0 bridgehead atoms. The summed E-state index contributed by atoms with van der Waals surface area (Å²) >= 11 is 0. The highest BCUT2D eigenvalue weighted by Gasteiger charge is 2.34. The summed E-state index contributed by atoms with van der Waals surface area (Å²) in [7, 11) is 0. The average Bonchev–Trinajstić information content (AvgIpc) is 3.00. The van der Waals surface area contributed by atoms with Gasteiger partial charge in [-0.05, 0) is 42.0 Å². The fraction of sp³-hybridized carbons (Fsp3) is 0.0476. The maximum Gasteiger partial charge on any atom is 0.275 e. The van der Waals surface area contributed by atoms with E-state index in [9.17, 15) is 4.79 Å². The number of hydrogen-bond acceptors (Lipinski definition) is 3. The molecule has 1 N–H and O–H groups in total. The Labute approximate surface area is 146 Å². The molecule has 0 spiro atoms. The lowest BCUT2D eigenvalue weighted by molar-refractivity contribution is -0.114. The predicted octanol–water partition coefficient (Wildman–Crippen LogP) is 4.17. The third-order valence-corrected chi connectivity index (χ3v) is 4.17. The number of aromatic nitrogens is 1. The molecular weight excluding hydrogens is 310 g/mol. The van der Waals surface area contributed by atoms with E-state index in [1.165, 1.54) is 0 Å². The molecule has 4 nitrogen and oxygen atoms in total. The van der Waals surface area contributed by atoms with Gasteiger partial charge in [0.2, 0.25) is 0 Å². The molecule has 0 aliphatic carbocycles. The number of carbonyl (C=O) groups excluding carboxylic acids is 1. The minimum Gasteiger partial charge on any atom is -0.351 e. The summed E-state index contributed by atoms with van der Waals surface area (Å²) < 4.78 is 0. The number of benzene rings is 2. The van der Waals surface area contributed by atoms with E-state index in [4.69, 9.17) is 0 Å². The Morgan fingerprint density at radius 1 is 0.880 bits per heavy atom. The van der Waals surface area contributed by atoms with Gasteiger partial charge in [-0.1, -0.05) is 42.5 Å². The van der Waals surface area contributed by atoms with Gasteiger partial charge < -0.3 is 5.32 Å². The Balaban J connectivity index is 1.73. The summed E-state index contributed by atoms with van der Waals surface area (Å²) in [5.74, 6) is -0.0519. The zero-order chi connectivity index (χ0) is 17.1. The van der Waals surface area contributed by atoms with Crippen molar-refractivity contribution in [1.29, 1.82) is 0 Å². The normalized spacial score (nSPS) is 16.6. The summed E-state index contributed by atoms with van der Waals surface area (Å²) in [5, 5.41) is 3.24. The minimum absolute atomic E-state index is 0.0519. The smallest absolute Gasteiger partial charge is 0.275 e. The highest BCUT2D eigenvalue weighted by Crippen LogP contribution is 2.35. The number of carbonyl (C=O) groups is 1. The molecule has 4 rings (SSSR count). The maximum atomic E-state index is 13.1. The van der Waals surface area contributed by atoms with Crippen LogP contribution in [0.1, 0.15) is 11.6 Å². The van der Waals surface area contributed by atoms with Crippen molar-refractivity contribution < 1.29 is 4.79 Å². The molecule has 0 saturated heterocycles. The van der Waals surface area contributed by atoms with Crippen LogP contribution in [0.25, 0.3) is 0 Å². The number of para-hydroxylation sites is 2. The molecule has 2 aromatic carbocycles. The lowest BCUT2D eigenvalue weighted by Gasteiger charge is -2.25. The van der Waals surface area contributed by atoms with Crippen LogP contribution >= 0.6 is 0 Å². The second kappa shape index (κ2) is 6.61. The van der Waals surface area contributed by atoms with Crippen LogP contribution in [-0.2, 0) is 4.79 Å². The number of hydrogen-bond donors (Lipinski definition) is 1. The van der Waals surface area contributed by atoms with Gasteiger partial charge in [-0.2, -0.15) is 0 Å². The molecule has 1 aliphatic heterocycles. The molecule has 2 heterocycles. The largest absolute Gasteiger partial charge is 0.351 e. The molecule has 1 aliphatic rings. The standard InChI is InChI=1S/C21H17N3O/c25-21-19(23-17-9-3-1-4-10-17)14-20(16-8-7-13-22-15-16)24(21)18-11-5-2-6-12-18/h1-15,20,23H. The van der Waals surface area contributed by atoms with E-state index in [-0.39, 0.29) is 11.9 Å². The van der Waals surface area contributed by atoms with E-state index in [1.54, 1.807) is 17.3 Å². The summed E-state index contributed by atoms with van der Waals surface area (Å²) in [5.41, 5.74) is 3.30. The van der Waals surface area contributed by atoms with Crippen LogP contribution in [0.2, 0.25) is 0 Å². The quantitative estimate of drug-likeness (QED) is 0.782. The highest BCUT2D eigenvalue weighted by atomic mass is 16.2. The number of amides is 1. The topological polar surface area (TPSA) is 45.2 Å². The summed E-state index contributed by atoms with van der Waals surface area (Å²) in [6.07, 6.45) is 5.50. The van der Waals surface area contributed by atoms with Crippen LogP contribution in [-0.4, -0.2) is 10.9 Å². The van der Waals surface area contributed by atoms with Crippen molar-refractivity contribution in [3.8, 4) is 0 Å². The van der Waals surface area contributed by atoms with E-state index < -0.39 is 0 Å². The van der Waals surface area contributed by atoms with E-state index in [0.717, 1.165) is 16.9 Å². The predicted molar refractivity (Wildman–Crippen MR) is 99.1 cm³/mol. The fourth-order valence-corrected chi connectivity index (χ4v) is 2.99. The van der Waals surface area contributed by atoms with Crippen molar-refractivity contribution in [3.63, 3.8) is 0 Å². The summed E-state index contributed by atoms with van der Waals surface area (Å²) in [6, 6.07) is 23.1. The molecule has 3 aromatic rings. The molecule has 1 amide bonds. The van der Waals surface area contributed by atoms with E-state index >= 15 is 0 Å². The molecule has 0 radical (unpaired) electrons.